The second-order valence-electron chi connectivity index (χ2n) is 4.02. The summed E-state index contributed by atoms with van der Waals surface area (Å²) in [5, 5.41) is 10.0. The van der Waals surface area contributed by atoms with Crippen LogP contribution in [0.25, 0.3) is 0 Å². The predicted octanol–water partition coefficient (Wildman–Crippen LogP) is 0.638. The molecule has 2 rings (SSSR count). The average Bonchev–Trinajstić information content (AvgIpc) is 2.51. The summed E-state index contributed by atoms with van der Waals surface area (Å²) in [4.78, 5) is 23.3. The Bertz CT molecular complexity index is 478. The first-order valence-electron chi connectivity index (χ1n) is 4.94. The zero-order valence-electron chi connectivity index (χ0n) is 9.11. The molecule has 1 unspecified atom stereocenters. The van der Waals surface area contributed by atoms with Gasteiger partial charge in [-0.15, -0.1) is 0 Å². The molecule has 16 heavy (non-hydrogen) atoms. The topological polar surface area (TPSA) is 63.6 Å². The maximum atomic E-state index is 11.9. The molecule has 0 spiro atoms. The monoisotopic (exact) mass is 220 g/mol. The van der Waals surface area contributed by atoms with Gasteiger partial charge in [0.05, 0.1) is 7.11 Å². The molecule has 0 saturated carbocycles. The van der Waals surface area contributed by atoms with E-state index in [2.05, 4.69) is 4.74 Å². The quantitative estimate of drug-likeness (QED) is 0.557. The maximum absolute atomic E-state index is 11.9. The minimum Gasteiger partial charge on any atom is -0.467 e. The van der Waals surface area contributed by atoms with Crippen LogP contribution in [0.2, 0.25) is 0 Å². The number of hydrogen-bond donors (Lipinski definition) is 1. The van der Waals surface area contributed by atoms with E-state index in [1.807, 2.05) is 6.92 Å². The minimum absolute atomic E-state index is 0.00444. The third-order valence-corrected chi connectivity index (χ3v) is 2.85. The lowest BCUT2D eigenvalue weighted by Crippen LogP contribution is -2.45. The summed E-state index contributed by atoms with van der Waals surface area (Å²) in [7, 11) is 1.15. The Hall–Kier alpha value is -1.68. The van der Waals surface area contributed by atoms with Gasteiger partial charge in [-0.3, -0.25) is 4.79 Å². The molecule has 0 bridgehead atoms. The Balaban J connectivity index is 2.48. The van der Waals surface area contributed by atoms with Crippen molar-refractivity contribution in [1.29, 1.82) is 0 Å². The fraction of sp³-hybridized carbons (Fsp3) is 0.333. The number of ketones is 1. The van der Waals surface area contributed by atoms with E-state index in [4.69, 9.17) is 0 Å². The third kappa shape index (κ3) is 1.34. The highest BCUT2D eigenvalue weighted by Gasteiger charge is 2.51. The van der Waals surface area contributed by atoms with Crippen LogP contribution in [0.1, 0.15) is 21.5 Å². The number of Topliss-reactive ketones (excluding diaryl/α,β-unsaturated/α-hetero) is 1. The molecule has 84 valence electrons. The third-order valence-electron chi connectivity index (χ3n) is 2.85. The van der Waals surface area contributed by atoms with E-state index in [0.29, 0.717) is 11.1 Å². The van der Waals surface area contributed by atoms with Gasteiger partial charge in [-0.05, 0) is 12.5 Å². The second kappa shape index (κ2) is 3.42. The highest BCUT2D eigenvalue weighted by molar-refractivity contribution is 6.18. The Kier molecular flexibility index (Phi) is 2.31. The summed E-state index contributed by atoms with van der Waals surface area (Å²) in [6, 6.07) is 5.21. The van der Waals surface area contributed by atoms with Gasteiger partial charge in [0.2, 0.25) is 11.4 Å². The number of benzene rings is 1. The molecule has 0 aliphatic heterocycles. The average molecular weight is 220 g/mol. The van der Waals surface area contributed by atoms with E-state index in [-0.39, 0.29) is 6.42 Å². The van der Waals surface area contributed by atoms with Crippen molar-refractivity contribution < 1.29 is 19.4 Å². The molecule has 4 heteroatoms. The largest absolute Gasteiger partial charge is 0.467 e. The highest BCUT2D eigenvalue weighted by Crippen LogP contribution is 2.31. The fourth-order valence-corrected chi connectivity index (χ4v) is 2.00. The number of esters is 1. The molecule has 0 fully saturated rings. The molecule has 1 atom stereocenters. The first-order valence-corrected chi connectivity index (χ1v) is 4.94. The minimum atomic E-state index is -2.04. The number of methoxy groups -OCH3 is 1. The molecule has 1 aliphatic rings. The summed E-state index contributed by atoms with van der Waals surface area (Å²) in [5.41, 5.74) is 0.0438. The summed E-state index contributed by atoms with van der Waals surface area (Å²) in [5.74, 6) is -1.47. The number of ether oxygens (including phenoxy) is 1. The molecule has 0 aromatic heterocycles. The van der Waals surface area contributed by atoms with Crippen molar-refractivity contribution in [2.24, 2.45) is 0 Å². The van der Waals surface area contributed by atoms with E-state index in [1.165, 1.54) is 0 Å². The van der Waals surface area contributed by atoms with Crippen LogP contribution < -0.4 is 0 Å². The molecule has 0 amide bonds. The molecule has 1 aliphatic carbocycles. The molecule has 1 aromatic carbocycles. The normalized spacial score (nSPS) is 23.1. The summed E-state index contributed by atoms with van der Waals surface area (Å²) < 4.78 is 4.46. The number of hydrogen-bond acceptors (Lipinski definition) is 4. The van der Waals surface area contributed by atoms with Crippen LogP contribution in [0.4, 0.5) is 0 Å². The van der Waals surface area contributed by atoms with Gasteiger partial charge in [0.25, 0.3) is 0 Å². The number of rotatable bonds is 1. The highest BCUT2D eigenvalue weighted by atomic mass is 16.5. The van der Waals surface area contributed by atoms with Crippen molar-refractivity contribution in [2.45, 2.75) is 18.9 Å². The molecule has 0 radical (unpaired) electrons. The maximum Gasteiger partial charge on any atom is 0.346 e. The van der Waals surface area contributed by atoms with Crippen LogP contribution in [0.15, 0.2) is 18.2 Å². The van der Waals surface area contributed by atoms with Gasteiger partial charge in [-0.25, -0.2) is 4.79 Å². The predicted molar refractivity (Wildman–Crippen MR) is 56.2 cm³/mol. The first-order chi connectivity index (χ1) is 7.49. The van der Waals surface area contributed by atoms with Gasteiger partial charge in [0, 0.05) is 12.0 Å². The van der Waals surface area contributed by atoms with E-state index >= 15 is 0 Å². The van der Waals surface area contributed by atoms with Gasteiger partial charge >= 0.3 is 5.97 Å². The van der Waals surface area contributed by atoms with E-state index in [0.717, 1.165) is 12.7 Å². The summed E-state index contributed by atoms with van der Waals surface area (Å²) in [6.45, 7) is 1.89. The van der Waals surface area contributed by atoms with E-state index in [9.17, 15) is 14.7 Å². The summed E-state index contributed by atoms with van der Waals surface area (Å²) in [6.07, 6.45) is -0.00444. The number of aliphatic hydroxyl groups is 1. The van der Waals surface area contributed by atoms with Gasteiger partial charge in [0.1, 0.15) is 0 Å². The standard InChI is InChI=1S/C12H12O4/c1-7-3-4-9-8(5-7)6-12(15,10(9)13)11(14)16-2/h3-5,15H,6H2,1-2H3. The van der Waals surface area contributed by atoms with Gasteiger partial charge in [0.15, 0.2) is 0 Å². The summed E-state index contributed by atoms with van der Waals surface area (Å²) >= 11 is 0. The smallest absolute Gasteiger partial charge is 0.346 e. The van der Waals surface area contributed by atoms with Crippen LogP contribution in [-0.4, -0.2) is 29.6 Å². The zero-order chi connectivity index (χ0) is 11.9. The zero-order valence-corrected chi connectivity index (χ0v) is 9.11. The van der Waals surface area contributed by atoms with Crippen LogP contribution in [-0.2, 0) is 16.0 Å². The van der Waals surface area contributed by atoms with Gasteiger partial charge in [-0.2, -0.15) is 0 Å². The fourth-order valence-electron chi connectivity index (χ4n) is 2.00. The van der Waals surface area contributed by atoms with Crippen molar-refractivity contribution >= 4 is 11.8 Å². The Morgan fingerprint density at radius 1 is 1.50 bits per heavy atom. The molecule has 0 saturated heterocycles. The Labute approximate surface area is 92.8 Å². The molecule has 1 N–H and O–H groups in total. The Morgan fingerprint density at radius 2 is 2.19 bits per heavy atom. The Morgan fingerprint density at radius 3 is 2.81 bits per heavy atom. The van der Waals surface area contributed by atoms with E-state index in [1.54, 1.807) is 18.2 Å². The van der Waals surface area contributed by atoms with Crippen LogP contribution in [0.3, 0.4) is 0 Å². The lowest BCUT2D eigenvalue weighted by Gasteiger charge is -2.16. The van der Waals surface area contributed by atoms with Crippen LogP contribution >= 0.6 is 0 Å². The van der Waals surface area contributed by atoms with Crippen molar-refractivity contribution in [3.05, 3.63) is 34.9 Å². The molecular formula is C12H12O4. The van der Waals surface area contributed by atoms with Crippen LogP contribution in [0.5, 0.6) is 0 Å². The van der Waals surface area contributed by atoms with Crippen LogP contribution in [0, 0.1) is 6.92 Å². The number of fused-ring (bicyclic) bond motifs is 1. The van der Waals surface area contributed by atoms with Crippen molar-refractivity contribution in [2.75, 3.05) is 7.11 Å². The molecule has 1 aromatic rings. The van der Waals surface area contributed by atoms with Crippen molar-refractivity contribution in [3.8, 4) is 0 Å². The number of carbonyl (C=O) groups excluding carboxylic acids is 2. The SMILES string of the molecule is COC(=O)C1(O)Cc2cc(C)ccc2C1=O. The second-order valence-corrected chi connectivity index (χ2v) is 4.02. The van der Waals surface area contributed by atoms with Gasteiger partial charge < -0.3 is 9.84 Å². The first kappa shape index (κ1) is 10.8. The number of aryl methyl sites for hydroxylation is 1. The number of carbonyl (C=O) groups is 2. The van der Waals surface area contributed by atoms with Gasteiger partial charge in [-0.1, -0.05) is 23.8 Å². The molecule has 4 nitrogen and oxygen atoms in total. The van der Waals surface area contributed by atoms with Crippen molar-refractivity contribution in [3.63, 3.8) is 0 Å². The van der Waals surface area contributed by atoms with E-state index < -0.39 is 17.4 Å². The molecular weight excluding hydrogens is 208 g/mol. The lowest BCUT2D eigenvalue weighted by atomic mass is 10.00. The molecule has 0 heterocycles. The lowest BCUT2D eigenvalue weighted by molar-refractivity contribution is -0.156. The van der Waals surface area contributed by atoms with Crippen molar-refractivity contribution in [1.82, 2.24) is 0 Å².